The van der Waals surface area contributed by atoms with E-state index in [0.29, 0.717) is 6.61 Å². The van der Waals surface area contributed by atoms with Gasteiger partial charge in [0, 0.05) is 28.4 Å². The predicted octanol–water partition coefficient (Wildman–Crippen LogP) is 0.641. The fraction of sp³-hybridized carbons (Fsp3) is 1.00. The number of rotatable bonds is 5. The van der Waals surface area contributed by atoms with Gasteiger partial charge in [-0.15, -0.1) is 0 Å². The Labute approximate surface area is 101 Å². The third-order valence-electron chi connectivity index (χ3n) is 2.72. The minimum absolute atomic E-state index is 0.256. The normalized spacial score (nSPS) is 39.9. The van der Waals surface area contributed by atoms with Gasteiger partial charge < -0.3 is 23.7 Å². The molecule has 16 heavy (non-hydrogen) atoms. The van der Waals surface area contributed by atoms with Gasteiger partial charge in [0.25, 0.3) is 0 Å². The van der Waals surface area contributed by atoms with E-state index in [1.807, 2.05) is 0 Å². The molecule has 1 aliphatic rings. The van der Waals surface area contributed by atoms with Crippen molar-refractivity contribution < 1.29 is 23.7 Å². The molecule has 1 saturated heterocycles. The molecule has 0 spiro atoms. The smallest absolute Gasteiger partial charge is 0.160 e. The minimum Gasteiger partial charge on any atom is -0.382 e. The average molecular weight is 255 g/mol. The fourth-order valence-corrected chi connectivity index (χ4v) is 2.34. The molecule has 0 unspecified atom stereocenters. The lowest BCUT2D eigenvalue weighted by Crippen LogP contribution is -2.59. The van der Waals surface area contributed by atoms with E-state index >= 15 is 0 Å². The van der Waals surface area contributed by atoms with Crippen molar-refractivity contribution in [3.63, 3.8) is 0 Å². The molecule has 5 atom stereocenters. The van der Waals surface area contributed by atoms with E-state index in [-0.39, 0.29) is 24.4 Å². The zero-order valence-electron chi connectivity index (χ0n) is 10.0. The van der Waals surface area contributed by atoms with Crippen LogP contribution in [0.3, 0.4) is 0 Å². The molecule has 1 heterocycles. The third kappa shape index (κ3) is 2.85. The minimum atomic E-state index is -0.568. The summed E-state index contributed by atoms with van der Waals surface area (Å²) in [6.07, 6.45) is -1.14. The molecule has 0 bridgehead atoms. The van der Waals surface area contributed by atoms with Crippen LogP contribution in [0.1, 0.15) is 0 Å². The summed E-state index contributed by atoms with van der Waals surface area (Å²) in [7, 11) is 6.37. The van der Waals surface area contributed by atoms with E-state index in [1.165, 1.54) is 0 Å². The van der Waals surface area contributed by atoms with Crippen molar-refractivity contribution in [2.24, 2.45) is 0 Å². The maximum absolute atomic E-state index is 6.07. The Kier molecular flexibility index (Phi) is 5.96. The summed E-state index contributed by atoms with van der Waals surface area (Å²) in [5.74, 6) is 0. The van der Waals surface area contributed by atoms with Gasteiger partial charge in [-0.25, -0.2) is 0 Å². The number of alkyl halides is 1. The van der Waals surface area contributed by atoms with Crippen LogP contribution in [0.4, 0.5) is 0 Å². The molecule has 0 radical (unpaired) electrons. The molecule has 1 fully saturated rings. The van der Waals surface area contributed by atoms with E-state index in [1.54, 1.807) is 28.4 Å². The Hall–Kier alpha value is 0.0900. The van der Waals surface area contributed by atoms with Gasteiger partial charge in [0.2, 0.25) is 0 Å². The Morgan fingerprint density at radius 1 is 0.938 bits per heavy atom. The van der Waals surface area contributed by atoms with Gasteiger partial charge in [-0.1, -0.05) is 11.6 Å². The molecule has 0 aliphatic carbocycles. The molecule has 0 aromatic heterocycles. The van der Waals surface area contributed by atoms with Crippen molar-refractivity contribution >= 4 is 11.6 Å². The maximum Gasteiger partial charge on any atom is 0.160 e. The fourth-order valence-electron chi connectivity index (χ4n) is 1.96. The van der Waals surface area contributed by atoms with Crippen LogP contribution < -0.4 is 0 Å². The molecule has 0 amide bonds. The van der Waals surface area contributed by atoms with Crippen molar-refractivity contribution in [1.82, 2.24) is 0 Å². The highest BCUT2D eigenvalue weighted by atomic mass is 35.5. The molecular formula is C10H19ClO5. The van der Waals surface area contributed by atoms with E-state index in [9.17, 15) is 0 Å². The highest BCUT2D eigenvalue weighted by Crippen LogP contribution is 2.28. The van der Waals surface area contributed by atoms with E-state index in [0.717, 1.165) is 0 Å². The first-order valence-electron chi connectivity index (χ1n) is 5.06. The molecule has 1 rings (SSSR count). The number of hydrogen-bond acceptors (Lipinski definition) is 5. The summed E-state index contributed by atoms with van der Waals surface area (Å²) < 4.78 is 26.6. The Morgan fingerprint density at radius 2 is 1.50 bits per heavy atom. The Bertz CT molecular complexity index is 204. The lowest BCUT2D eigenvalue weighted by molar-refractivity contribution is -0.230. The van der Waals surface area contributed by atoms with Crippen LogP contribution in [0.15, 0.2) is 0 Å². The summed E-state index contributed by atoms with van der Waals surface area (Å²) in [6, 6.07) is 0. The summed E-state index contributed by atoms with van der Waals surface area (Å²) in [6.45, 7) is 0.401. The zero-order valence-corrected chi connectivity index (χ0v) is 10.8. The summed E-state index contributed by atoms with van der Waals surface area (Å²) in [5.41, 5.74) is -0.568. The molecule has 0 aromatic carbocycles. The van der Waals surface area contributed by atoms with Gasteiger partial charge in [-0.3, -0.25) is 0 Å². The van der Waals surface area contributed by atoms with Crippen LogP contribution in [0.5, 0.6) is 0 Å². The number of halogens is 1. The van der Waals surface area contributed by atoms with Crippen LogP contribution in [0, 0.1) is 0 Å². The van der Waals surface area contributed by atoms with Crippen LogP contribution >= 0.6 is 11.6 Å². The van der Waals surface area contributed by atoms with E-state index in [4.69, 9.17) is 35.3 Å². The highest BCUT2D eigenvalue weighted by molar-refractivity contribution is 6.20. The number of ether oxygens (including phenoxy) is 5. The van der Waals surface area contributed by atoms with E-state index in [2.05, 4.69) is 0 Å². The second-order valence-electron chi connectivity index (χ2n) is 3.58. The topological polar surface area (TPSA) is 46.2 Å². The van der Waals surface area contributed by atoms with Gasteiger partial charge in [0.05, 0.1) is 6.61 Å². The maximum atomic E-state index is 6.07. The van der Waals surface area contributed by atoms with Gasteiger partial charge in [0.15, 0.2) is 5.56 Å². The largest absolute Gasteiger partial charge is 0.382 e. The first kappa shape index (κ1) is 14.2. The molecule has 0 N–H and O–H groups in total. The second-order valence-corrected chi connectivity index (χ2v) is 4.01. The molecule has 0 saturated carbocycles. The first-order valence-corrected chi connectivity index (χ1v) is 5.50. The summed E-state index contributed by atoms with van der Waals surface area (Å²) >= 11 is 6.07. The van der Waals surface area contributed by atoms with Crippen molar-refractivity contribution in [3.05, 3.63) is 0 Å². The lowest BCUT2D eigenvalue weighted by atomic mass is 9.99. The molecule has 1 aliphatic heterocycles. The molecule has 6 heteroatoms. The molecule has 0 aromatic rings. The third-order valence-corrected chi connectivity index (χ3v) is 3.08. The average Bonchev–Trinajstić information content (AvgIpc) is 2.28. The van der Waals surface area contributed by atoms with Gasteiger partial charge in [-0.05, 0) is 0 Å². The Morgan fingerprint density at radius 3 is 1.94 bits per heavy atom. The van der Waals surface area contributed by atoms with Crippen LogP contribution in [0.25, 0.3) is 0 Å². The van der Waals surface area contributed by atoms with Crippen LogP contribution in [0.2, 0.25) is 0 Å². The van der Waals surface area contributed by atoms with Crippen molar-refractivity contribution in [2.45, 2.75) is 30.0 Å². The van der Waals surface area contributed by atoms with Gasteiger partial charge in [0.1, 0.15) is 24.4 Å². The van der Waals surface area contributed by atoms with Crippen molar-refractivity contribution in [3.8, 4) is 0 Å². The van der Waals surface area contributed by atoms with Crippen molar-refractivity contribution in [2.75, 3.05) is 35.0 Å². The van der Waals surface area contributed by atoms with Crippen molar-refractivity contribution in [1.29, 1.82) is 0 Å². The quantitative estimate of drug-likeness (QED) is 0.674. The highest BCUT2D eigenvalue weighted by Gasteiger charge is 2.46. The van der Waals surface area contributed by atoms with Crippen LogP contribution in [-0.2, 0) is 23.7 Å². The summed E-state index contributed by atoms with van der Waals surface area (Å²) in [5, 5.41) is 0. The van der Waals surface area contributed by atoms with Gasteiger partial charge >= 0.3 is 0 Å². The predicted molar refractivity (Wildman–Crippen MR) is 58.8 cm³/mol. The standard InChI is InChI=1S/C10H19ClO5/c1-12-5-6-7(13-2)8(14-3)9(15-4)10(11)16-6/h6-10H,5H2,1-4H3/t6-,7-,8+,9-,10-/m1/s1. The van der Waals surface area contributed by atoms with E-state index < -0.39 is 5.56 Å². The zero-order chi connectivity index (χ0) is 12.1. The monoisotopic (exact) mass is 254 g/mol. The summed E-state index contributed by atoms with van der Waals surface area (Å²) in [4.78, 5) is 0. The Balaban J connectivity index is 2.78. The van der Waals surface area contributed by atoms with Gasteiger partial charge in [-0.2, -0.15) is 0 Å². The second kappa shape index (κ2) is 6.74. The molecule has 5 nitrogen and oxygen atoms in total. The first-order chi connectivity index (χ1) is 7.69. The number of methoxy groups -OCH3 is 4. The SMILES string of the molecule is COC[C@H]1O[C@@H](Cl)[C@H](OC)[C@@H](OC)[C@@H]1OC. The lowest BCUT2D eigenvalue weighted by Gasteiger charge is -2.42. The number of hydrogen-bond donors (Lipinski definition) is 0. The molecule has 96 valence electrons. The molecular weight excluding hydrogens is 236 g/mol. The van der Waals surface area contributed by atoms with Crippen LogP contribution in [-0.4, -0.2) is 65.0 Å².